The lowest BCUT2D eigenvalue weighted by Gasteiger charge is -2.28. The molecule has 0 aliphatic heterocycles. The van der Waals surface area contributed by atoms with Crippen molar-refractivity contribution in [3.05, 3.63) is 64.4 Å². The largest absolute Gasteiger partial charge is 0.224 e. The SMILES string of the molecule is CS(=O)(=O)c1ccc(C2=C(c3ccc(F)c(Cl)c3)CC3(CC2)CC3)cc1. The molecule has 2 nitrogen and oxygen atoms in total. The van der Waals surface area contributed by atoms with Gasteiger partial charge in [0.05, 0.1) is 9.92 Å². The van der Waals surface area contributed by atoms with E-state index < -0.39 is 15.7 Å². The van der Waals surface area contributed by atoms with Gasteiger partial charge in [0, 0.05) is 6.26 Å². The van der Waals surface area contributed by atoms with E-state index in [0.717, 1.165) is 30.4 Å². The fourth-order valence-corrected chi connectivity index (χ4v) is 4.71. The number of sulfone groups is 1. The van der Waals surface area contributed by atoms with E-state index in [1.54, 1.807) is 24.3 Å². The molecule has 0 radical (unpaired) electrons. The van der Waals surface area contributed by atoms with Gasteiger partial charge in [-0.2, -0.15) is 0 Å². The smallest absolute Gasteiger partial charge is 0.175 e. The van der Waals surface area contributed by atoms with Crippen molar-refractivity contribution in [2.75, 3.05) is 6.26 Å². The van der Waals surface area contributed by atoms with Gasteiger partial charge in [-0.3, -0.25) is 0 Å². The topological polar surface area (TPSA) is 34.1 Å². The Morgan fingerprint density at radius 3 is 2.19 bits per heavy atom. The monoisotopic (exact) mass is 390 g/mol. The first-order chi connectivity index (χ1) is 12.3. The number of allylic oxidation sites excluding steroid dienone is 2. The summed E-state index contributed by atoms with van der Waals surface area (Å²) in [6.07, 6.45) is 6.76. The molecule has 26 heavy (non-hydrogen) atoms. The van der Waals surface area contributed by atoms with Gasteiger partial charge in [-0.1, -0.05) is 29.8 Å². The van der Waals surface area contributed by atoms with E-state index in [-0.39, 0.29) is 5.02 Å². The molecule has 0 aromatic heterocycles. The summed E-state index contributed by atoms with van der Waals surface area (Å²) in [5.74, 6) is -0.410. The molecule has 0 bridgehead atoms. The summed E-state index contributed by atoms with van der Waals surface area (Å²) in [5.41, 5.74) is 4.81. The highest BCUT2D eigenvalue weighted by molar-refractivity contribution is 7.90. The van der Waals surface area contributed by atoms with Crippen molar-refractivity contribution in [2.24, 2.45) is 5.41 Å². The molecule has 0 atom stereocenters. The number of rotatable bonds is 3. The van der Waals surface area contributed by atoms with Crippen LogP contribution in [0.25, 0.3) is 11.1 Å². The highest BCUT2D eigenvalue weighted by atomic mass is 35.5. The van der Waals surface area contributed by atoms with Gasteiger partial charge in [-0.15, -0.1) is 0 Å². The Balaban J connectivity index is 1.81. The van der Waals surface area contributed by atoms with Crippen LogP contribution >= 0.6 is 11.6 Å². The van der Waals surface area contributed by atoms with Crippen molar-refractivity contribution in [1.29, 1.82) is 0 Å². The molecule has 0 heterocycles. The third kappa shape index (κ3) is 3.33. The second-order valence-electron chi connectivity index (χ2n) is 7.56. The normalized spacial score (nSPS) is 19.0. The van der Waals surface area contributed by atoms with Gasteiger partial charge >= 0.3 is 0 Å². The third-order valence-corrected chi connectivity index (χ3v) is 7.10. The Labute approximate surface area is 158 Å². The van der Waals surface area contributed by atoms with Gasteiger partial charge in [0.15, 0.2) is 9.84 Å². The second-order valence-corrected chi connectivity index (χ2v) is 9.98. The van der Waals surface area contributed by atoms with Crippen LogP contribution in [0, 0.1) is 11.2 Å². The lowest BCUT2D eigenvalue weighted by atomic mass is 9.77. The van der Waals surface area contributed by atoms with Crippen LogP contribution < -0.4 is 0 Å². The van der Waals surface area contributed by atoms with Crippen molar-refractivity contribution in [3.63, 3.8) is 0 Å². The van der Waals surface area contributed by atoms with Crippen molar-refractivity contribution < 1.29 is 12.8 Å². The van der Waals surface area contributed by atoms with E-state index in [9.17, 15) is 12.8 Å². The van der Waals surface area contributed by atoms with Gasteiger partial charge in [0.2, 0.25) is 0 Å². The molecular formula is C21H20ClFO2S. The van der Waals surface area contributed by atoms with Gasteiger partial charge in [-0.05, 0) is 84.1 Å². The molecule has 1 fully saturated rings. The van der Waals surface area contributed by atoms with E-state index in [1.807, 2.05) is 12.1 Å². The molecule has 1 saturated carbocycles. The van der Waals surface area contributed by atoms with Gasteiger partial charge < -0.3 is 0 Å². The maximum Gasteiger partial charge on any atom is 0.175 e. The molecule has 5 heteroatoms. The Kier molecular flexibility index (Phi) is 4.24. The van der Waals surface area contributed by atoms with E-state index in [2.05, 4.69) is 0 Å². The van der Waals surface area contributed by atoms with Gasteiger partial charge in [0.1, 0.15) is 5.82 Å². The number of hydrogen-bond donors (Lipinski definition) is 0. The zero-order chi connectivity index (χ0) is 18.5. The van der Waals surface area contributed by atoms with Crippen molar-refractivity contribution in [3.8, 4) is 0 Å². The zero-order valence-electron chi connectivity index (χ0n) is 14.6. The molecule has 2 aromatic carbocycles. The fourth-order valence-electron chi connectivity index (χ4n) is 3.90. The quantitative estimate of drug-likeness (QED) is 0.667. The summed E-state index contributed by atoms with van der Waals surface area (Å²) < 4.78 is 37.0. The maximum atomic E-state index is 13.6. The Bertz CT molecular complexity index is 1000. The molecule has 0 N–H and O–H groups in total. The first kappa shape index (κ1) is 17.7. The molecule has 1 spiro atoms. The molecule has 136 valence electrons. The highest BCUT2D eigenvalue weighted by Crippen LogP contribution is 2.60. The summed E-state index contributed by atoms with van der Waals surface area (Å²) in [7, 11) is -3.21. The number of benzene rings is 2. The van der Waals surface area contributed by atoms with Gasteiger partial charge in [0.25, 0.3) is 0 Å². The van der Waals surface area contributed by atoms with Crippen LogP contribution in [-0.4, -0.2) is 14.7 Å². The average Bonchev–Trinajstić information content (AvgIpc) is 3.35. The van der Waals surface area contributed by atoms with Crippen LogP contribution in [0.4, 0.5) is 4.39 Å². The summed E-state index contributed by atoms with van der Waals surface area (Å²) in [6, 6.07) is 12.0. The Morgan fingerprint density at radius 1 is 0.962 bits per heavy atom. The first-order valence-corrected chi connectivity index (χ1v) is 11.0. The average molecular weight is 391 g/mol. The van der Waals surface area contributed by atoms with Crippen LogP contribution in [0.15, 0.2) is 47.4 Å². The molecule has 0 amide bonds. The standard InChI is InChI=1S/C21H20ClFO2S/c1-26(24,25)16-5-2-14(3-6-16)17-8-9-21(10-11-21)13-18(17)15-4-7-20(23)19(22)12-15/h2-7,12H,8-11,13H2,1H3. The summed E-state index contributed by atoms with van der Waals surface area (Å²) >= 11 is 6.02. The predicted octanol–water partition coefficient (Wildman–Crippen LogP) is 5.76. The van der Waals surface area contributed by atoms with Crippen molar-refractivity contribution >= 4 is 32.6 Å². The number of hydrogen-bond acceptors (Lipinski definition) is 2. The van der Waals surface area contributed by atoms with Gasteiger partial charge in [-0.25, -0.2) is 12.8 Å². The zero-order valence-corrected chi connectivity index (χ0v) is 16.1. The fraction of sp³-hybridized carbons (Fsp3) is 0.333. The summed E-state index contributed by atoms with van der Waals surface area (Å²) in [6.45, 7) is 0. The minimum Gasteiger partial charge on any atom is -0.224 e. The first-order valence-electron chi connectivity index (χ1n) is 8.75. The van der Waals surface area contributed by atoms with Crippen LogP contribution in [-0.2, 0) is 9.84 Å². The van der Waals surface area contributed by atoms with Crippen LogP contribution in [0.2, 0.25) is 5.02 Å². The molecule has 0 saturated heterocycles. The van der Waals surface area contributed by atoms with Crippen LogP contribution in [0.3, 0.4) is 0 Å². The molecule has 2 aliphatic rings. The highest BCUT2D eigenvalue weighted by Gasteiger charge is 2.45. The van der Waals surface area contributed by atoms with E-state index >= 15 is 0 Å². The van der Waals surface area contributed by atoms with Crippen LogP contribution in [0.5, 0.6) is 0 Å². The van der Waals surface area contributed by atoms with Crippen LogP contribution in [0.1, 0.15) is 43.2 Å². The van der Waals surface area contributed by atoms with E-state index in [4.69, 9.17) is 11.6 Å². The number of halogens is 2. The Morgan fingerprint density at radius 2 is 1.62 bits per heavy atom. The molecule has 4 rings (SSSR count). The molecule has 2 aromatic rings. The van der Waals surface area contributed by atoms with Crippen molar-refractivity contribution in [2.45, 2.75) is 37.0 Å². The lowest BCUT2D eigenvalue weighted by Crippen LogP contribution is -2.10. The third-order valence-electron chi connectivity index (χ3n) is 5.68. The summed E-state index contributed by atoms with van der Waals surface area (Å²) in [5, 5.41) is 0.136. The minimum atomic E-state index is -3.21. The Hall–Kier alpha value is -1.65. The maximum absolute atomic E-state index is 13.6. The predicted molar refractivity (Wildman–Crippen MR) is 103 cm³/mol. The van der Waals surface area contributed by atoms with E-state index in [1.165, 1.54) is 36.3 Å². The summed E-state index contributed by atoms with van der Waals surface area (Å²) in [4.78, 5) is 0.322. The molecule has 2 aliphatic carbocycles. The van der Waals surface area contributed by atoms with Crippen molar-refractivity contribution in [1.82, 2.24) is 0 Å². The molecular weight excluding hydrogens is 371 g/mol. The lowest BCUT2D eigenvalue weighted by molar-refractivity contribution is 0.474. The van der Waals surface area contributed by atoms with E-state index in [0.29, 0.717) is 10.3 Å². The minimum absolute atomic E-state index is 0.136. The second kappa shape index (κ2) is 6.21. The molecule has 0 unspecified atom stereocenters.